The van der Waals surface area contributed by atoms with E-state index < -0.39 is 16.0 Å². The molecule has 2 aliphatic heterocycles. The molecular formula is C21H23N3O5S. The quantitative estimate of drug-likeness (QED) is 0.680. The van der Waals surface area contributed by atoms with E-state index in [-0.39, 0.29) is 6.03 Å². The number of carbonyl (C=O) groups excluding carboxylic acids is 2. The molecule has 0 spiro atoms. The van der Waals surface area contributed by atoms with Crippen LogP contribution in [0.15, 0.2) is 42.5 Å². The highest BCUT2D eigenvalue weighted by atomic mass is 32.2. The Morgan fingerprint density at radius 1 is 1.03 bits per heavy atom. The Kier molecular flexibility index (Phi) is 5.25. The van der Waals surface area contributed by atoms with Gasteiger partial charge in [-0.3, -0.25) is 4.90 Å². The first kappa shape index (κ1) is 20.4. The van der Waals surface area contributed by atoms with Crippen molar-refractivity contribution >= 4 is 27.7 Å². The Bertz CT molecular complexity index is 1100. The Balaban J connectivity index is 1.45. The van der Waals surface area contributed by atoms with Gasteiger partial charge in [-0.25, -0.2) is 18.0 Å². The molecule has 0 saturated carbocycles. The minimum absolute atomic E-state index is 0.0926. The molecule has 2 aromatic carbocycles. The number of rotatable bonds is 5. The number of fused-ring (bicyclic) bond motifs is 1. The van der Waals surface area contributed by atoms with Gasteiger partial charge in [-0.2, -0.15) is 4.31 Å². The van der Waals surface area contributed by atoms with Gasteiger partial charge in [0.25, 0.3) is 0 Å². The summed E-state index contributed by atoms with van der Waals surface area (Å²) in [4.78, 5) is 27.9. The lowest BCUT2D eigenvalue weighted by Gasteiger charge is -2.19. The molecule has 0 aliphatic carbocycles. The lowest BCUT2D eigenvalue weighted by molar-refractivity contribution is 0.0600. The molecule has 4 rings (SSSR count). The molecule has 0 bridgehead atoms. The average Bonchev–Trinajstić information content (AvgIpc) is 3.31. The SMILES string of the molecule is COC(=O)c1ccc(CN2CCN(c3ccc4c(c3)CN(S(C)(=O)=O)C4)C2=O)cc1. The van der Waals surface area contributed by atoms with Crippen LogP contribution in [0.3, 0.4) is 0 Å². The van der Waals surface area contributed by atoms with Crippen molar-refractivity contribution in [2.45, 2.75) is 19.6 Å². The maximum Gasteiger partial charge on any atom is 0.337 e. The number of anilines is 1. The first-order valence-electron chi connectivity index (χ1n) is 9.57. The molecule has 0 N–H and O–H groups in total. The second-order valence-corrected chi connectivity index (χ2v) is 9.51. The van der Waals surface area contributed by atoms with Gasteiger partial charge in [0.1, 0.15) is 0 Å². The minimum atomic E-state index is -3.25. The first-order valence-corrected chi connectivity index (χ1v) is 11.4. The summed E-state index contributed by atoms with van der Waals surface area (Å²) in [5.74, 6) is -0.393. The second-order valence-electron chi connectivity index (χ2n) is 7.53. The topological polar surface area (TPSA) is 87.2 Å². The standard InChI is InChI=1S/C21H23N3O5S/c1-29-20(25)16-5-3-15(4-6-16)12-22-9-10-24(21(22)26)19-8-7-17-13-23(30(2,27)28)14-18(17)11-19/h3-8,11H,9-10,12-14H2,1-2H3. The third-order valence-corrected chi connectivity index (χ3v) is 6.70. The van der Waals surface area contributed by atoms with Crippen LogP contribution in [0.5, 0.6) is 0 Å². The molecule has 2 heterocycles. The molecule has 0 unspecified atom stereocenters. The maximum absolute atomic E-state index is 12.9. The van der Waals surface area contributed by atoms with Crippen molar-refractivity contribution in [3.8, 4) is 0 Å². The normalized spacial score (nSPS) is 16.8. The van der Waals surface area contributed by atoms with Crippen LogP contribution in [0, 0.1) is 0 Å². The van der Waals surface area contributed by atoms with Gasteiger partial charge in [0.15, 0.2) is 0 Å². The van der Waals surface area contributed by atoms with Gasteiger partial charge in [0.2, 0.25) is 10.0 Å². The zero-order chi connectivity index (χ0) is 21.5. The van der Waals surface area contributed by atoms with Crippen LogP contribution in [-0.2, 0) is 34.4 Å². The Labute approximate surface area is 175 Å². The largest absolute Gasteiger partial charge is 0.465 e. The maximum atomic E-state index is 12.9. The van der Waals surface area contributed by atoms with E-state index in [1.165, 1.54) is 17.7 Å². The van der Waals surface area contributed by atoms with Gasteiger partial charge in [-0.1, -0.05) is 18.2 Å². The van der Waals surface area contributed by atoms with Crippen LogP contribution in [0.25, 0.3) is 0 Å². The van der Waals surface area contributed by atoms with E-state index in [2.05, 4.69) is 0 Å². The molecule has 30 heavy (non-hydrogen) atoms. The fourth-order valence-electron chi connectivity index (χ4n) is 3.81. The predicted octanol–water partition coefficient (Wildman–Crippen LogP) is 2.19. The van der Waals surface area contributed by atoms with Crippen LogP contribution in [0.4, 0.5) is 10.5 Å². The molecule has 8 nitrogen and oxygen atoms in total. The van der Waals surface area contributed by atoms with Gasteiger partial charge in [0.05, 0.1) is 18.9 Å². The number of methoxy groups -OCH3 is 1. The average molecular weight is 429 g/mol. The summed E-state index contributed by atoms with van der Waals surface area (Å²) >= 11 is 0. The number of sulfonamides is 1. The molecule has 1 saturated heterocycles. The second kappa shape index (κ2) is 7.73. The Morgan fingerprint density at radius 3 is 2.40 bits per heavy atom. The van der Waals surface area contributed by atoms with Crippen molar-refractivity contribution in [3.05, 3.63) is 64.7 Å². The molecule has 0 atom stereocenters. The fraction of sp³-hybridized carbons (Fsp3) is 0.333. The van der Waals surface area contributed by atoms with E-state index in [4.69, 9.17) is 4.74 Å². The van der Waals surface area contributed by atoms with Crippen molar-refractivity contribution in [1.82, 2.24) is 9.21 Å². The van der Waals surface area contributed by atoms with E-state index in [1.807, 2.05) is 30.3 Å². The zero-order valence-electron chi connectivity index (χ0n) is 16.9. The van der Waals surface area contributed by atoms with Gasteiger partial charge < -0.3 is 9.64 Å². The molecule has 2 aromatic rings. The third-order valence-electron chi connectivity index (χ3n) is 5.51. The lowest BCUT2D eigenvalue weighted by atomic mass is 10.1. The number of benzene rings is 2. The summed E-state index contributed by atoms with van der Waals surface area (Å²) in [6.45, 7) is 2.30. The number of urea groups is 1. The summed E-state index contributed by atoms with van der Waals surface area (Å²) in [5, 5.41) is 0. The van der Waals surface area contributed by atoms with E-state index in [0.717, 1.165) is 22.4 Å². The van der Waals surface area contributed by atoms with E-state index in [0.29, 0.717) is 38.3 Å². The zero-order valence-corrected chi connectivity index (χ0v) is 17.7. The van der Waals surface area contributed by atoms with Gasteiger partial charge in [0, 0.05) is 38.4 Å². The van der Waals surface area contributed by atoms with E-state index in [9.17, 15) is 18.0 Å². The van der Waals surface area contributed by atoms with Gasteiger partial charge in [-0.05, 0) is 41.0 Å². The predicted molar refractivity (Wildman–Crippen MR) is 111 cm³/mol. The number of ether oxygens (including phenoxy) is 1. The van der Waals surface area contributed by atoms with E-state index >= 15 is 0 Å². The molecule has 1 fully saturated rings. The molecule has 0 radical (unpaired) electrons. The number of esters is 1. The van der Waals surface area contributed by atoms with Crippen LogP contribution in [-0.4, -0.2) is 56.1 Å². The van der Waals surface area contributed by atoms with Crippen molar-refractivity contribution < 1.29 is 22.7 Å². The monoisotopic (exact) mass is 429 g/mol. The lowest BCUT2D eigenvalue weighted by Crippen LogP contribution is -2.31. The summed E-state index contributed by atoms with van der Waals surface area (Å²) in [7, 11) is -1.91. The highest BCUT2D eigenvalue weighted by molar-refractivity contribution is 7.88. The first-order chi connectivity index (χ1) is 14.3. The van der Waals surface area contributed by atoms with Crippen LogP contribution in [0.2, 0.25) is 0 Å². The third kappa shape index (κ3) is 3.90. The number of amides is 2. The van der Waals surface area contributed by atoms with Crippen LogP contribution >= 0.6 is 0 Å². The molecule has 0 aromatic heterocycles. The fourth-order valence-corrected chi connectivity index (χ4v) is 4.55. The highest BCUT2D eigenvalue weighted by Crippen LogP contribution is 2.30. The number of hydrogen-bond donors (Lipinski definition) is 0. The van der Waals surface area contributed by atoms with Crippen molar-refractivity contribution in [2.24, 2.45) is 0 Å². The highest BCUT2D eigenvalue weighted by Gasteiger charge is 2.31. The van der Waals surface area contributed by atoms with Crippen molar-refractivity contribution in [1.29, 1.82) is 0 Å². The Hall–Kier alpha value is -2.91. The summed E-state index contributed by atoms with van der Waals surface area (Å²) in [6, 6.07) is 12.6. The Morgan fingerprint density at radius 2 is 1.73 bits per heavy atom. The molecule has 9 heteroatoms. The molecule has 2 amide bonds. The van der Waals surface area contributed by atoms with Gasteiger partial charge in [-0.15, -0.1) is 0 Å². The number of hydrogen-bond acceptors (Lipinski definition) is 5. The van der Waals surface area contributed by atoms with Crippen LogP contribution in [0.1, 0.15) is 27.0 Å². The van der Waals surface area contributed by atoms with E-state index in [1.54, 1.807) is 21.9 Å². The number of nitrogens with zero attached hydrogens (tertiary/aromatic N) is 3. The summed E-state index contributed by atoms with van der Waals surface area (Å²) < 4.78 is 29.8. The number of carbonyl (C=O) groups is 2. The molecule has 158 valence electrons. The van der Waals surface area contributed by atoms with Crippen LogP contribution < -0.4 is 4.90 Å². The van der Waals surface area contributed by atoms with Gasteiger partial charge >= 0.3 is 12.0 Å². The van der Waals surface area contributed by atoms with Crippen molar-refractivity contribution in [3.63, 3.8) is 0 Å². The molecular weight excluding hydrogens is 406 g/mol. The smallest absolute Gasteiger partial charge is 0.337 e. The summed E-state index contributed by atoms with van der Waals surface area (Å²) in [6.07, 6.45) is 1.21. The minimum Gasteiger partial charge on any atom is -0.465 e. The summed E-state index contributed by atoms with van der Waals surface area (Å²) in [5.41, 5.74) is 4.08. The molecule has 2 aliphatic rings. The van der Waals surface area contributed by atoms with Crippen molar-refractivity contribution in [2.75, 3.05) is 31.4 Å².